The summed E-state index contributed by atoms with van der Waals surface area (Å²) >= 11 is 0. The van der Waals surface area contributed by atoms with Crippen molar-refractivity contribution in [2.24, 2.45) is 0 Å². The second kappa shape index (κ2) is 11.7. The number of benzene rings is 2. The SMILES string of the molecule is O=C(CN1C(=O)CN(C(=O)NCc2ccccc2)c2ccccc21)NCCCN1CCCCC1. The molecule has 2 aliphatic heterocycles. The van der Waals surface area contributed by atoms with Gasteiger partial charge in [0.25, 0.3) is 0 Å². The van der Waals surface area contributed by atoms with Gasteiger partial charge in [0, 0.05) is 13.1 Å². The third kappa shape index (κ3) is 6.14. The quantitative estimate of drug-likeness (QED) is 0.590. The first-order valence-electron chi connectivity index (χ1n) is 12.1. The summed E-state index contributed by atoms with van der Waals surface area (Å²) in [5.74, 6) is -0.471. The highest BCUT2D eigenvalue weighted by Crippen LogP contribution is 2.33. The molecule has 0 radical (unpaired) electrons. The number of carbonyl (C=O) groups excluding carboxylic acids is 3. The third-order valence-corrected chi connectivity index (χ3v) is 6.31. The van der Waals surface area contributed by atoms with Crippen molar-refractivity contribution in [2.45, 2.75) is 32.2 Å². The van der Waals surface area contributed by atoms with E-state index in [1.165, 1.54) is 29.1 Å². The Balaban J connectivity index is 1.32. The van der Waals surface area contributed by atoms with Gasteiger partial charge < -0.3 is 15.5 Å². The first-order valence-corrected chi connectivity index (χ1v) is 12.1. The van der Waals surface area contributed by atoms with Crippen LogP contribution >= 0.6 is 0 Å². The molecule has 1 saturated heterocycles. The second-order valence-electron chi connectivity index (χ2n) is 8.80. The number of carbonyl (C=O) groups is 3. The zero-order valence-corrected chi connectivity index (χ0v) is 19.5. The number of likely N-dealkylation sites (tertiary alicyclic amines) is 1. The van der Waals surface area contributed by atoms with E-state index in [0.29, 0.717) is 24.5 Å². The van der Waals surface area contributed by atoms with Gasteiger partial charge in [0.15, 0.2) is 0 Å². The van der Waals surface area contributed by atoms with Gasteiger partial charge in [-0.1, -0.05) is 48.9 Å². The Labute approximate surface area is 200 Å². The Morgan fingerprint density at radius 2 is 1.56 bits per heavy atom. The van der Waals surface area contributed by atoms with Crippen LogP contribution < -0.4 is 20.4 Å². The fourth-order valence-corrected chi connectivity index (χ4v) is 4.50. The fraction of sp³-hybridized carbons (Fsp3) is 0.423. The molecular formula is C26H33N5O3. The largest absolute Gasteiger partial charge is 0.355 e. The van der Waals surface area contributed by atoms with E-state index in [-0.39, 0.29) is 30.9 Å². The predicted octanol–water partition coefficient (Wildman–Crippen LogP) is 2.74. The van der Waals surface area contributed by atoms with E-state index < -0.39 is 0 Å². The summed E-state index contributed by atoms with van der Waals surface area (Å²) in [6.07, 6.45) is 4.71. The lowest BCUT2D eigenvalue weighted by molar-refractivity contribution is -0.123. The smallest absolute Gasteiger partial charge is 0.322 e. The van der Waals surface area contributed by atoms with Crippen molar-refractivity contribution in [1.82, 2.24) is 15.5 Å². The molecule has 0 saturated carbocycles. The third-order valence-electron chi connectivity index (χ3n) is 6.31. The van der Waals surface area contributed by atoms with Gasteiger partial charge in [-0.05, 0) is 56.6 Å². The molecule has 1 fully saturated rings. The number of hydrogen-bond acceptors (Lipinski definition) is 4. The van der Waals surface area contributed by atoms with Gasteiger partial charge in [0.2, 0.25) is 11.8 Å². The number of nitrogens with one attached hydrogen (secondary N) is 2. The van der Waals surface area contributed by atoms with Gasteiger partial charge in [0.05, 0.1) is 11.4 Å². The Kier molecular flexibility index (Phi) is 8.14. The summed E-state index contributed by atoms with van der Waals surface area (Å²) < 4.78 is 0. The van der Waals surface area contributed by atoms with E-state index in [9.17, 15) is 14.4 Å². The van der Waals surface area contributed by atoms with E-state index in [1.54, 1.807) is 18.2 Å². The highest BCUT2D eigenvalue weighted by Gasteiger charge is 2.33. The molecule has 0 atom stereocenters. The number of piperidine rings is 1. The highest BCUT2D eigenvalue weighted by atomic mass is 16.2. The molecule has 8 nitrogen and oxygen atoms in total. The van der Waals surface area contributed by atoms with Gasteiger partial charge >= 0.3 is 6.03 Å². The van der Waals surface area contributed by atoms with Crippen LogP contribution in [0.25, 0.3) is 0 Å². The lowest BCUT2D eigenvalue weighted by Gasteiger charge is -2.35. The molecular weight excluding hydrogens is 430 g/mol. The summed E-state index contributed by atoms with van der Waals surface area (Å²) in [6.45, 7) is 4.06. The molecule has 180 valence electrons. The first kappa shape index (κ1) is 23.8. The molecule has 0 unspecified atom stereocenters. The van der Waals surface area contributed by atoms with Crippen LogP contribution in [-0.4, -0.2) is 62.0 Å². The topological polar surface area (TPSA) is 85.0 Å². The summed E-state index contributed by atoms with van der Waals surface area (Å²) in [5.41, 5.74) is 2.16. The van der Waals surface area contributed by atoms with Crippen LogP contribution in [-0.2, 0) is 16.1 Å². The maximum Gasteiger partial charge on any atom is 0.322 e. The Morgan fingerprint density at radius 1 is 0.853 bits per heavy atom. The fourth-order valence-electron chi connectivity index (χ4n) is 4.50. The van der Waals surface area contributed by atoms with Gasteiger partial charge in [0.1, 0.15) is 13.1 Å². The molecule has 2 aromatic rings. The van der Waals surface area contributed by atoms with Crippen molar-refractivity contribution in [2.75, 3.05) is 49.1 Å². The summed E-state index contributed by atoms with van der Waals surface area (Å²) in [7, 11) is 0. The van der Waals surface area contributed by atoms with Gasteiger partial charge in [-0.2, -0.15) is 0 Å². The average molecular weight is 464 g/mol. The molecule has 2 heterocycles. The van der Waals surface area contributed by atoms with Crippen LogP contribution in [0.1, 0.15) is 31.2 Å². The van der Waals surface area contributed by atoms with E-state index in [0.717, 1.165) is 31.6 Å². The zero-order valence-electron chi connectivity index (χ0n) is 19.5. The monoisotopic (exact) mass is 463 g/mol. The summed E-state index contributed by atoms with van der Waals surface area (Å²) in [5, 5.41) is 5.82. The summed E-state index contributed by atoms with van der Waals surface area (Å²) in [6, 6.07) is 16.5. The molecule has 0 spiro atoms. The predicted molar refractivity (Wildman–Crippen MR) is 133 cm³/mol. The lowest BCUT2D eigenvalue weighted by atomic mass is 10.1. The number of urea groups is 1. The normalized spacial score (nSPS) is 16.2. The maximum atomic E-state index is 12.9. The number of para-hydroxylation sites is 2. The van der Waals surface area contributed by atoms with Crippen molar-refractivity contribution < 1.29 is 14.4 Å². The van der Waals surface area contributed by atoms with Gasteiger partial charge in [-0.3, -0.25) is 19.4 Å². The van der Waals surface area contributed by atoms with Crippen LogP contribution in [0.3, 0.4) is 0 Å². The zero-order chi connectivity index (χ0) is 23.8. The minimum atomic E-state index is -0.341. The van der Waals surface area contributed by atoms with Crippen LogP contribution in [0.15, 0.2) is 54.6 Å². The number of hydrogen-bond donors (Lipinski definition) is 2. The molecule has 0 aromatic heterocycles. The van der Waals surface area contributed by atoms with Crippen LogP contribution in [0, 0.1) is 0 Å². The average Bonchev–Trinajstić information content (AvgIpc) is 2.88. The molecule has 2 N–H and O–H groups in total. The van der Waals surface area contributed by atoms with Crippen LogP contribution in [0.2, 0.25) is 0 Å². The van der Waals surface area contributed by atoms with E-state index in [1.807, 2.05) is 36.4 Å². The molecule has 0 bridgehead atoms. The summed E-state index contributed by atoms with van der Waals surface area (Å²) in [4.78, 5) is 43.7. The molecule has 2 aromatic carbocycles. The Bertz CT molecular complexity index is 991. The van der Waals surface area contributed by atoms with Crippen LogP contribution in [0.5, 0.6) is 0 Å². The van der Waals surface area contributed by atoms with Gasteiger partial charge in [-0.25, -0.2) is 4.79 Å². The van der Waals surface area contributed by atoms with E-state index in [4.69, 9.17) is 0 Å². The number of rotatable bonds is 8. The molecule has 4 amide bonds. The second-order valence-corrected chi connectivity index (χ2v) is 8.80. The van der Waals surface area contributed by atoms with Crippen LogP contribution in [0.4, 0.5) is 16.2 Å². The van der Waals surface area contributed by atoms with Crippen molar-refractivity contribution in [1.29, 1.82) is 0 Å². The van der Waals surface area contributed by atoms with Crippen molar-refractivity contribution in [3.63, 3.8) is 0 Å². The van der Waals surface area contributed by atoms with E-state index in [2.05, 4.69) is 15.5 Å². The van der Waals surface area contributed by atoms with Gasteiger partial charge in [-0.15, -0.1) is 0 Å². The number of amides is 4. The molecule has 34 heavy (non-hydrogen) atoms. The number of nitrogens with zero attached hydrogens (tertiary/aromatic N) is 3. The highest BCUT2D eigenvalue weighted by molar-refractivity contribution is 6.12. The Morgan fingerprint density at radius 3 is 2.32 bits per heavy atom. The van der Waals surface area contributed by atoms with Crippen molar-refractivity contribution in [3.8, 4) is 0 Å². The Hall–Kier alpha value is -3.39. The molecule has 2 aliphatic rings. The molecule has 0 aliphatic carbocycles. The van der Waals surface area contributed by atoms with E-state index >= 15 is 0 Å². The number of fused-ring (bicyclic) bond motifs is 1. The minimum absolute atomic E-state index is 0.0565. The minimum Gasteiger partial charge on any atom is -0.355 e. The van der Waals surface area contributed by atoms with Crippen molar-refractivity contribution in [3.05, 3.63) is 60.2 Å². The maximum absolute atomic E-state index is 12.9. The standard InChI is InChI=1S/C26H33N5O3/c32-24(27-14-9-17-29-15-7-2-8-16-29)19-30-22-12-5-6-13-23(22)31(20-25(30)33)26(34)28-18-21-10-3-1-4-11-21/h1,3-6,10-13H,2,7-9,14-20H2,(H,27,32)(H,28,34). The molecule has 8 heteroatoms. The molecule has 4 rings (SSSR count). The van der Waals surface area contributed by atoms with Crippen molar-refractivity contribution >= 4 is 29.2 Å². The lowest BCUT2D eigenvalue weighted by Crippen LogP contribution is -2.53. The first-order chi connectivity index (χ1) is 16.6. The number of anilines is 2.